The summed E-state index contributed by atoms with van der Waals surface area (Å²) in [5.41, 5.74) is 7.90. The van der Waals surface area contributed by atoms with E-state index in [-0.39, 0.29) is 6.04 Å². The average molecular weight is 258 g/mol. The molecule has 1 heterocycles. The van der Waals surface area contributed by atoms with Gasteiger partial charge in [0, 0.05) is 11.6 Å². The normalized spacial score (nSPS) is 18.6. The van der Waals surface area contributed by atoms with Gasteiger partial charge in [0.15, 0.2) is 5.88 Å². The van der Waals surface area contributed by atoms with Crippen LogP contribution < -0.4 is 11.1 Å². The lowest BCUT2D eigenvalue weighted by Gasteiger charge is -2.25. The zero-order valence-electron chi connectivity index (χ0n) is 11.1. The van der Waals surface area contributed by atoms with Gasteiger partial charge in [-0.15, -0.1) is 0 Å². The molecule has 0 bridgehead atoms. The first-order valence-corrected chi connectivity index (χ1v) is 6.23. The summed E-state index contributed by atoms with van der Waals surface area (Å²) in [6.45, 7) is 4.25. The minimum absolute atomic E-state index is 0.131. The van der Waals surface area contributed by atoms with Crippen LogP contribution in [0.15, 0.2) is 53.4 Å². The molecule has 4 nitrogen and oxygen atoms in total. The van der Waals surface area contributed by atoms with Crippen molar-refractivity contribution >= 4 is 5.91 Å². The standard InChI is InChI=1S/C15H18N2O2/c1-10-8-13(17-11(2)14(10)15(16)18)19-9-12-6-4-3-5-7-12/h3-8,11,17H,9H2,1-2H3,(H2,16,18). The molecule has 3 N–H and O–H groups in total. The number of hydrogen-bond donors (Lipinski definition) is 2. The molecule has 0 fully saturated rings. The maximum Gasteiger partial charge on any atom is 0.246 e. The Hall–Kier alpha value is -2.23. The molecule has 4 heteroatoms. The largest absolute Gasteiger partial charge is 0.474 e. The highest BCUT2D eigenvalue weighted by atomic mass is 16.5. The second kappa shape index (κ2) is 5.61. The van der Waals surface area contributed by atoms with E-state index in [0.29, 0.717) is 18.1 Å². The molecular weight excluding hydrogens is 240 g/mol. The fourth-order valence-electron chi connectivity index (χ4n) is 2.17. The first-order valence-electron chi connectivity index (χ1n) is 6.23. The van der Waals surface area contributed by atoms with Gasteiger partial charge in [0.05, 0.1) is 6.04 Å². The molecule has 0 radical (unpaired) electrons. The molecule has 0 saturated carbocycles. The van der Waals surface area contributed by atoms with Crippen molar-refractivity contribution in [2.45, 2.75) is 26.5 Å². The fraction of sp³-hybridized carbons (Fsp3) is 0.267. The van der Waals surface area contributed by atoms with Crippen molar-refractivity contribution in [2.75, 3.05) is 0 Å². The van der Waals surface area contributed by atoms with Crippen LogP contribution in [0.4, 0.5) is 0 Å². The maximum absolute atomic E-state index is 11.3. The van der Waals surface area contributed by atoms with Gasteiger partial charge in [-0.1, -0.05) is 30.3 Å². The Bertz CT molecular complexity index is 532. The lowest BCUT2D eigenvalue weighted by atomic mass is 9.99. The first kappa shape index (κ1) is 13.2. The molecule has 1 aliphatic heterocycles. The third-order valence-electron chi connectivity index (χ3n) is 3.07. The van der Waals surface area contributed by atoms with E-state index < -0.39 is 5.91 Å². The number of ether oxygens (including phenoxy) is 1. The molecule has 0 saturated heterocycles. The molecule has 0 aromatic heterocycles. The third kappa shape index (κ3) is 3.16. The number of benzene rings is 1. The molecule has 1 amide bonds. The van der Waals surface area contributed by atoms with Gasteiger partial charge in [0.2, 0.25) is 5.91 Å². The van der Waals surface area contributed by atoms with Gasteiger partial charge >= 0.3 is 0 Å². The molecule has 0 spiro atoms. The molecule has 100 valence electrons. The minimum atomic E-state index is -0.393. The predicted molar refractivity (Wildman–Crippen MR) is 73.8 cm³/mol. The Labute approximate surface area is 112 Å². The Balaban J connectivity index is 2.07. The first-order chi connectivity index (χ1) is 9.08. The number of amides is 1. The number of rotatable bonds is 4. The number of nitrogens with two attached hydrogens (primary N) is 1. The second-order valence-corrected chi connectivity index (χ2v) is 4.61. The smallest absolute Gasteiger partial charge is 0.246 e. The van der Waals surface area contributed by atoms with Gasteiger partial charge in [0.1, 0.15) is 6.61 Å². The Morgan fingerprint density at radius 2 is 2.05 bits per heavy atom. The maximum atomic E-state index is 11.3. The summed E-state index contributed by atoms with van der Waals surface area (Å²) in [7, 11) is 0. The molecule has 19 heavy (non-hydrogen) atoms. The van der Waals surface area contributed by atoms with E-state index in [1.54, 1.807) is 0 Å². The molecule has 1 aromatic carbocycles. The quantitative estimate of drug-likeness (QED) is 0.866. The average Bonchev–Trinajstić information content (AvgIpc) is 2.36. The number of primary amides is 1. The predicted octanol–water partition coefficient (Wildman–Crippen LogP) is 1.84. The van der Waals surface area contributed by atoms with E-state index in [1.807, 2.05) is 50.3 Å². The van der Waals surface area contributed by atoms with Crippen LogP contribution in [-0.2, 0) is 16.1 Å². The summed E-state index contributed by atoms with van der Waals surface area (Å²) >= 11 is 0. The van der Waals surface area contributed by atoms with E-state index >= 15 is 0 Å². The van der Waals surface area contributed by atoms with Crippen molar-refractivity contribution in [1.82, 2.24) is 5.32 Å². The van der Waals surface area contributed by atoms with Crippen LogP contribution in [0, 0.1) is 0 Å². The van der Waals surface area contributed by atoms with Gasteiger partial charge in [-0.25, -0.2) is 0 Å². The number of allylic oxidation sites excluding steroid dienone is 2. The van der Waals surface area contributed by atoms with Crippen molar-refractivity contribution in [2.24, 2.45) is 5.73 Å². The number of nitrogens with one attached hydrogen (secondary N) is 1. The SMILES string of the molecule is CC1=C(C(N)=O)C(C)NC(OCc2ccccc2)=C1. The van der Waals surface area contributed by atoms with Crippen molar-refractivity contribution in [3.8, 4) is 0 Å². The van der Waals surface area contributed by atoms with E-state index in [2.05, 4.69) is 5.32 Å². The van der Waals surface area contributed by atoms with Crippen molar-refractivity contribution in [3.63, 3.8) is 0 Å². The second-order valence-electron chi connectivity index (χ2n) is 4.61. The van der Waals surface area contributed by atoms with Gasteiger partial charge in [-0.2, -0.15) is 0 Å². The van der Waals surface area contributed by atoms with Crippen LogP contribution in [-0.4, -0.2) is 11.9 Å². The molecule has 1 aliphatic rings. The minimum Gasteiger partial charge on any atom is -0.474 e. The topological polar surface area (TPSA) is 64.4 Å². The highest BCUT2D eigenvalue weighted by molar-refractivity contribution is 5.94. The summed E-state index contributed by atoms with van der Waals surface area (Å²) in [5.74, 6) is 0.273. The summed E-state index contributed by atoms with van der Waals surface area (Å²) < 4.78 is 5.70. The van der Waals surface area contributed by atoms with Crippen LogP contribution in [0.5, 0.6) is 0 Å². The lowest BCUT2D eigenvalue weighted by molar-refractivity contribution is -0.114. The highest BCUT2D eigenvalue weighted by Crippen LogP contribution is 2.19. The molecule has 2 rings (SSSR count). The van der Waals surface area contributed by atoms with Gasteiger partial charge in [0.25, 0.3) is 0 Å². The molecular formula is C15H18N2O2. The van der Waals surface area contributed by atoms with Crippen molar-refractivity contribution in [3.05, 3.63) is 59.0 Å². The van der Waals surface area contributed by atoms with Crippen LogP contribution in [0.2, 0.25) is 0 Å². The van der Waals surface area contributed by atoms with Crippen molar-refractivity contribution < 1.29 is 9.53 Å². The Morgan fingerprint density at radius 3 is 2.63 bits per heavy atom. The van der Waals surface area contributed by atoms with Gasteiger partial charge < -0.3 is 15.8 Å². The highest BCUT2D eigenvalue weighted by Gasteiger charge is 2.22. The third-order valence-corrected chi connectivity index (χ3v) is 3.07. The number of carbonyl (C=O) groups is 1. The summed E-state index contributed by atoms with van der Waals surface area (Å²) in [4.78, 5) is 11.3. The molecule has 1 atom stereocenters. The fourth-order valence-corrected chi connectivity index (χ4v) is 2.17. The van der Waals surface area contributed by atoms with Crippen LogP contribution in [0.25, 0.3) is 0 Å². The van der Waals surface area contributed by atoms with E-state index in [9.17, 15) is 4.79 Å². The van der Waals surface area contributed by atoms with E-state index in [1.165, 1.54) is 0 Å². The zero-order chi connectivity index (χ0) is 13.8. The monoisotopic (exact) mass is 258 g/mol. The molecule has 1 unspecified atom stereocenters. The Morgan fingerprint density at radius 1 is 1.37 bits per heavy atom. The summed E-state index contributed by atoms with van der Waals surface area (Å²) in [6, 6.07) is 9.79. The number of hydrogen-bond acceptors (Lipinski definition) is 3. The molecule has 0 aliphatic carbocycles. The van der Waals surface area contributed by atoms with Crippen LogP contribution >= 0.6 is 0 Å². The summed E-state index contributed by atoms with van der Waals surface area (Å²) in [5, 5.41) is 3.13. The van der Waals surface area contributed by atoms with Gasteiger partial charge in [-0.3, -0.25) is 4.79 Å². The summed E-state index contributed by atoms with van der Waals surface area (Å²) in [6.07, 6.45) is 1.81. The number of carbonyl (C=O) groups excluding carboxylic acids is 1. The lowest BCUT2D eigenvalue weighted by Crippen LogP contribution is -2.37. The van der Waals surface area contributed by atoms with Crippen LogP contribution in [0.1, 0.15) is 19.4 Å². The molecule has 1 aromatic rings. The Kier molecular flexibility index (Phi) is 3.90. The van der Waals surface area contributed by atoms with E-state index in [4.69, 9.17) is 10.5 Å². The number of dihydropyridines is 1. The van der Waals surface area contributed by atoms with Crippen molar-refractivity contribution in [1.29, 1.82) is 0 Å². The zero-order valence-corrected chi connectivity index (χ0v) is 11.1. The van der Waals surface area contributed by atoms with Gasteiger partial charge in [-0.05, 0) is 25.0 Å². The van der Waals surface area contributed by atoms with Crippen LogP contribution in [0.3, 0.4) is 0 Å². The van der Waals surface area contributed by atoms with E-state index in [0.717, 1.165) is 11.1 Å².